The number of ketones is 1. The maximum atomic E-state index is 11.6. The molecule has 1 unspecified atom stereocenters. The fourth-order valence-corrected chi connectivity index (χ4v) is 1.69. The van der Waals surface area contributed by atoms with Crippen molar-refractivity contribution in [1.82, 2.24) is 0 Å². The molecule has 0 aromatic heterocycles. The van der Waals surface area contributed by atoms with Crippen molar-refractivity contribution in [3.63, 3.8) is 0 Å². The number of benzene rings is 1. The minimum absolute atomic E-state index is 0.0334. The van der Waals surface area contributed by atoms with E-state index in [1.807, 2.05) is 6.07 Å². The Morgan fingerprint density at radius 1 is 1.57 bits per heavy atom. The highest BCUT2D eigenvalue weighted by Gasteiger charge is 2.15. The molecule has 0 amide bonds. The van der Waals surface area contributed by atoms with E-state index < -0.39 is 0 Å². The molecule has 2 nitrogen and oxygen atoms in total. The Labute approximate surface area is 99.2 Å². The molecule has 0 bridgehead atoms. The molecular formula is C10H7Br2NO. The number of hydrogen-bond acceptors (Lipinski definition) is 2. The molecule has 0 aliphatic rings. The van der Waals surface area contributed by atoms with Gasteiger partial charge in [0.2, 0.25) is 0 Å². The molecule has 0 aliphatic heterocycles. The molecule has 0 radical (unpaired) electrons. The maximum absolute atomic E-state index is 11.6. The van der Waals surface area contributed by atoms with Crippen LogP contribution in [0.5, 0.6) is 0 Å². The minimum Gasteiger partial charge on any atom is -0.293 e. The highest BCUT2D eigenvalue weighted by molar-refractivity contribution is 9.10. The van der Waals surface area contributed by atoms with E-state index in [9.17, 15) is 4.79 Å². The van der Waals surface area contributed by atoms with Crippen LogP contribution in [0, 0.1) is 11.3 Å². The highest BCUT2D eigenvalue weighted by atomic mass is 79.9. The van der Waals surface area contributed by atoms with Gasteiger partial charge in [-0.2, -0.15) is 5.26 Å². The lowest BCUT2D eigenvalue weighted by Crippen LogP contribution is -2.10. The van der Waals surface area contributed by atoms with Crippen LogP contribution in [0.15, 0.2) is 22.7 Å². The summed E-state index contributed by atoms with van der Waals surface area (Å²) < 4.78 is 0.716. The van der Waals surface area contributed by atoms with E-state index in [0.717, 1.165) is 0 Å². The number of nitriles is 1. The second-order valence-electron chi connectivity index (χ2n) is 2.79. The zero-order valence-electron chi connectivity index (χ0n) is 7.42. The molecule has 0 aliphatic carbocycles. The lowest BCUT2D eigenvalue weighted by molar-refractivity contribution is 0.0995. The van der Waals surface area contributed by atoms with Crippen LogP contribution in [0.4, 0.5) is 0 Å². The van der Waals surface area contributed by atoms with Gasteiger partial charge in [-0.1, -0.05) is 31.9 Å². The van der Waals surface area contributed by atoms with Crippen molar-refractivity contribution >= 4 is 37.6 Å². The van der Waals surface area contributed by atoms with Crippen molar-refractivity contribution in [1.29, 1.82) is 5.26 Å². The SMILES string of the molecule is CC(Br)C(=O)c1cc(C#N)ccc1Br. The number of rotatable bonds is 2. The summed E-state index contributed by atoms with van der Waals surface area (Å²) in [5, 5.41) is 8.68. The summed E-state index contributed by atoms with van der Waals surface area (Å²) in [6, 6.07) is 6.96. The average Bonchev–Trinajstić information content (AvgIpc) is 2.17. The first-order valence-corrected chi connectivity index (χ1v) is 5.65. The summed E-state index contributed by atoms with van der Waals surface area (Å²) in [7, 11) is 0. The lowest BCUT2D eigenvalue weighted by Gasteiger charge is -2.05. The zero-order chi connectivity index (χ0) is 10.7. The van der Waals surface area contributed by atoms with Gasteiger partial charge in [-0.3, -0.25) is 4.79 Å². The van der Waals surface area contributed by atoms with Gasteiger partial charge in [-0.15, -0.1) is 0 Å². The van der Waals surface area contributed by atoms with Crippen LogP contribution in [0.1, 0.15) is 22.8 Å². The van der Waals surface area contributed by atoms with E-state index in [-0.39, 0.29) is 10.6 Å². The monoisotopic (exact) mass is 315 g/mol. The standard InChI is InChI=1S/C10H7Br2NO/c1-6(11)10(14)8-4-7(5-13)2-3-9(8)12/h2-4,6H,1H3. The fourth-order valence-electron chi connectivity index (χ4n) is 0.998. The van der Waals surface area contributed by atoms with Crippen LogP contribution < -0.4 is 0 Å². The largest absolute Gasteiger partial charge is 0.293 e. The molecule has 0 heterocycles. The molecule has 0 spiro atoms. The summed E-state index contributed by atoms with van der Waals surface area (Å²) in [4.78, 5) is 11.4. The third-order valence-electron chi connectivity index (χ3n) is 1.72. The van der Waals surface area contributed by atoms with Gasteiger partial charge in [-0.25, -0.2) is 0 Å². The second kappa shape index (κ2) is 4.72. The van der Waals surface area contributed by atoms with Crippen molar-refractivity contribution in [2.45, 2.75) is 11.8 Å². The molecule has 1 aromatic rings. The van der Waals surface area contributed by atoms with Crippen molar-refractivity contribution in [3.8, 4) is 6.07 Å². The Morgan fingerprint density at radius 2 is 2.21 bits per heavy atom. The number of Topliss-reactive ketones (excluding diaryl/α,β-unsaturated/α-hetero) is 1. The lowest BCUT2D eigenvalue weighted by atomic mass is 10.1. The minimum atomic E-state index is -0.243. The molecular weight excluding hydrogens is 310 g/mol. The molecule has 0 fully saturated rings. The summed E-state index contributed by atoms with van der Waals surface area (Å²) in [6.07, 6.45) is 0. The van der Waals surface area contributed by atoms with Crippen LogP contribution in [-0.4, -0.2) is 10.6 Å². The third kappa shape index (κ3) is 2.43. The number of carbonyl (C=O) groups excluding carboxylic acids is 1. The molecule has 0 saturated carbocycles. The fraction of sp³-hybridized carbons (Fsp3) is 0.200. The van der Waals surface area contributed by atoms with E-state index in [4.69, 9.17) is 5.26 Å². The Balaban J connectivity index is 3.21. The van der Waals surface area contributed by atoms with E-state index in [1.165, 1.54) is 0 Å². The molecule has 4 heteroatoms. The van der Waals surface area contributed by atoms with Crippen LogP contribution in [0.25, 0.3) is 0 Å². The Kier molecular flexibility index (Phi) is 3.85. The van der Waals surface area contributed by atoms with Gasteiger partial charge in [0.25, 0.3) is 0 Å². The predicted molar refractivity (Wildman–Crippen MR) is 61.6 cm³/mol. The van der Waals surface area contributed by atoms with Crippen molar-refractivity contribution < 1.29 is 4.79 Å². The first kappa shape index (κ1) is 11.4. The first-order chi connectivity index (χ1) is 6.56. The third-order valence-corrected chi connectivity index (χ3v) is 2.83. The van der Waals surface area contributed by atoms with Crippen LogP contribution in [0.3, 0.4) is 0 Å². The number of nitrogens with zero attached hydrogens (tertiary/aromatic N) is 1. The molecule has 0 saturated heterocycles. The number of hydrogen-bond donors (Lipinski definition) is 0. The summed E-state index contributed by atoms with van der Waals surface area (Å²) >= 11 is 6.48. The van der Waals surface area contributed by atoms with Gasteiger partial charge in [0.15, 0.2) is 5.78 Å². The Hall–Kier alpha value is -0.660. The topological polar surface area (TPSA) is 40.9 Å². The van der Waals surface area contributed by atoms with Crippen LogP contribution in [-0.2, 0) is 0 Å². The summed E-state index contributed by atoms with van der Waals surface area (Å²) in [6.45, 7) is 1.76. The molecule has 1 aromatic carbocycles. The molecule has 1 rings (SSSR count). The smallest absolute Gasteiger partial charge is 0.177 e. The van der Waals surface area contributed by atoms with Gasteiger partial charge in [-0.05, 0) is 25.1 Å². The van der Waals surface area contributed by atoms with Crippen LogP contribution >= 0.6 is 31.9 Å². The van der Waals surface area contributed by atoms with E-state index in [0.29, 0.717) is 15.6 Å². The van der Waals surface area contributed by atoms with E-state index in [1.54, 1.807) is 25.1 Å². The second-order valence-corrected chi connectivity index (χ2v) is 5.01. The number of halogens is 2. The molecule has 1 atom stereocenters. The van der Waals surface area contributed by atoms with Gasteiger partial charge in [0.1, 0.15) is 0 Å². The van der Waals surface area contributed by atoms with Crippen LogP contribution in [0.2, 0.25) is 0 Å². The predicted octanol–water partition coefficient (Wildman–Crippen LogP) is 3.29. The highest BCUT2D eigenvalue weighted by Crippen LogP contribution is 2.21. The first-order valence-electron chi connectivity index (χ1n) is 3.94. The van der Waals surface area contributed by atoms with Gasteiger partial charge in [0, 0.05) is 10.0 Å². The number of alkyl halides is 1. The Morgan fingerprint density at radius 3 is 2.71 bits per heavy atom. The molecule has 72 valence electrons. The van der Waals surface area contributed by atoms with Gasteiger partial charge in [0.05, 0.1) is 16.5 Å². The zero-order valence-corrected chi connectivity index (χ0v) is 10.6. The summed E-state index contributed by atoms with van der Waals surface area (Å²) in [5.41, 5.74) is 1.03. The normalized spacial score (nSPS) is 11.9. The molecule has 14 heavy (non-hydrogen) atoms. The number of carbonyl (C=O) groups is 1. The van der Waals surface area contributed by atoms with Gasteiger partial charge < -0.3 is 0 Å². The van der Waals surface area contributed by atoms with Crippen molar-refractivity contribution in [2.75, 3.05) is 0 Å². The quantitative estimate of drug-likeness (QED) is 0.620. The summed E-state index contributed by atoms with van der Waals surface area (Å²) in [5.74, 6) is -0.0334. The average molecular weight is 317 g/mol. The van der Waals surface area contributed by atoms with Crippen molar-refractivity contribution in [3.05, 3.63) is 33.8 Å². The molecule has 0 N–H and O–H groups in total. The van der Waals surface area contributed by atoms with E-state index >= 15 is 0 Å². The van der Waals surface area contributed by atoms with Crippen molar-refractivity contribution in [2.24, 2.45) is 0 Å². The van der Waals surface area contributed by atoms with E-state index in [2.05, 4.69) is 31.9 Å². The van der Waals surface area contributed by atoms with Gasteiger partial charge >= 0.3 is 0 Å². The Bertz CT molecular complexity index is 407. The maximum Gasteiger partial charge on any atom is 0.177 e.